The second-order valence-corrected chi connectivity index (χ2v) is 18.1. The minimum Gasteiger partial charge on any atom is -0.311 e. The predicted octanol–water partition coefficient (Wildman–Crippen LogP) is 18.9. The molecule has 2 heteroatoms. The third-order valence-electron chi connectivity index (χ3n) is 14.0. The van der Waals surface area contributed by atoms with Crippen LogP contribution in [-0.4, -0.2) is 4.57 Å². The summed E-state index contributed by atoms with van der Waals surface area (Å²) >= 11 is 0. The zero-order chi connectivity index (χ0) is 46.8. The SMILES string of the molecule is CC/C=C\c1c(CC)c2ccccc2n1-c1ccc(N(c2ccccc2)c2ccc(-c3ccc(-c4c5ccccc5c(-c5ccc(-c6ccccc6CC)cc5)c5cc(C)ccc45)cc3)cc2)cc1. The molecule has 334 valence electrons. The van der Waals surface area contributed by atoms with Crippen molar-refractivity contribution in [3.8, 4) is 50.2 Å². The van der Waals surface area contributed by atoms with Crippen LogP contribution < -0.4 is 4.90 Å². The Balaban J connectivity index is 0.929. The molecule has 0 aliphatic rings. The Morgan fingerprint density at radius 3 is 1.57 bits per heavy atom. The maximum atomic E-state index is 2.42. The third kappa shape index (κ3) is 8.02. The molecule has 0 N–H and O–H groups in total. The molecule has 0 bridgehead atoms. The second kappa shape index (κ2) is 18.8. The van der Waals surface area contributed by atoms with Gasteiger partial charge in [-0.25, -0.2) is 0 Å². The number of aryl methyl sites for hydroxylation is 3. The lowest BCUT2D eigenvalue weighted by atomic mass is 9.85. The highest BCUT2D eigenvalue weighted by Gasteiger charge is 2.20. The molecule has 0 saturated heterocycles. The van der Waals surface area contributed by atoms with Gasteiger partial charge in [0, 0.05) is 33.8 Å². The largest absolute Gasteiger partial charge is 0.311 e. The first-order valence-corrected chi connectivity index (χ1v) is 24.6. The van der Waals surface area contributed by atoms with E-state index < -0.39 is 0 Å². The average Bonchev–Trinajstić information content (AvgIpc) is 3.73. The van der Waals surface area contributed by atoms with Gasteiger partial charge in [0.05, 0.1) is 5.52 Å². The van der Waals surface area contributed by atoms with Gasteiger partial charge in [0.25, 0.3) is 0 Å². The van der Waals surface area contributed by atoms with Gasteiger partial charge in [-0.3, -0.25) is 0 Å². The van der Waals surface area contributed by atoms with Crippen LogP contribution >= 0.6 is 0 Å². The van der Waals surface area contributed by atoms with Gasteiger partial charge in [-0.1, -0.05) is 196 Å². The van der Waals surface area contributed by atoms with Gasteiger partial charge in [0.2, 0.25) is 0 Å². The highest BCUT2D eigenvalue weighted by Crippen LogP contribution is 2.45. The van der Waals surface area contributed by atoms with Crippen molar-refractivity contribution in [2.24, 2.45) is 0 Å². The summed E-state index contributed by atoms with van der Waals surface area (Å²) in [7, 11) is 0. The smallest absolute Gasteiger partial charge is 0.0537 e. The van der Waals surface area contributed by atoms with Crippen LogP contribution in [-0.2, 0) is 12.8 Å². The van der Waals surface area contributed by atoms with Crippen molar-refractivity contribution in [2.75, 3.05) is 4.90 Å². The molecule has 0 fully saturated rings. The minimum absolute atomic E-state index is 0.977. The molecule has 2 nitrogen and oxygen atoms in total. The van der Waals surface area contributed by atoms with E-state index >= 15 is 0 Å². The van der Waals surface area contributed by atoms with Crippen LogP contribution in [0.15, 0.2) is 224 Å². The zero-order valence-electron chi connectivity index (χ0n) is 40.0. The lowest BCUT2D eigenvalue weighted by Gasteiger charge is -2.26. The topological polar surface area (TPSA) is 8.17 Å². The highest BCUT2D eigenvalue weighted by molar-refractivity contribution is 6.21. The van der Waals surface area contributed by atoms with Crippen molar-refractivity contribution in [3.05, 3.63) is 247 Å². The number of anilines is 3. The van der Waals surface area contributed by atoms with Crippen molar-refractivity contribution in [1.82, 2.24) is 4.57 Å². The van der Waals surface area contributed by atoms with E-state index in [0.717, 1.165) is 42.0 Å². The van der Waals surface area contributed by atoms with Gasteiger partial charge in [-0.05, 0) is 164 Å². The summed E-state index contributed by atoms with van der Waals surface area (Å²) in [6.45, 7) is 8.89. The summed E-state index contributed by atoms with van der Waals surface area (Å²) in [6.07, 6.45) is 7.55. The Bertz CT molecular complexity index is 3630. The van der Waals surface area contributed by atoms with Crippen LogP contribution in [0.25, 0.3) is 88.7 Å². The summed E-state index contributed by atoms with van der Waals surface area (Å²) in [5.41, 5.74) is 20.9. The van der Waals surface area contributed by atoms with Crippen molar-refractivity contribution in [1.29, 1.82) is 0 Å². The molecular weight excluding hydrogens is 833 g/mol. The molecule has 11 rings (SSSR count). The van der Waals surface area contributed by atoms with Gasteiger partial charge in [0.15, 0.2) is 0 Å². The minimum atomic E-state index is 0.977. The maximum Gasteiger partial charge on any atom is 0.0537 e. The molecule has 0 saturated carbocycles. The van der Waals surface area contributed by atoms with Crippen LogP contribution in [0.2, 0.25) is 0 Å². The van der Waals surface area contributed by atoms with Crippen molar-refractivity contribution < 1.29 is 0 Å². The van der Waals surface area contributed by atoms with E-state index in [9.17, 15) is 0 Å². The molecule has 1 aromatic heterocycles. The predicted molar refractivity (Wildman–Crippen MR) is 298 cm³/mol. The zero-order valence-corrected chi connectivity index (χ0v) is 40.0. The molecule has 11 aromatic rings. The normalized spacial score (nSPS) is 11.6. The van der Waals surface area contributed by atoms with Crippen LogP contribution in [0.5, 0.6) is 0 Å². The molecular formula is C67H56N2. The lowest BCUT2D eigenvalue weighted by Crippen LogP contribution is -2.10. The van der Waals surface area contributed by atoms with E-state index in [1.165, 1.54) is 99.3 Å². The Morgan fingerprint density at radius 1 is 0.420 bits per heavy atom. The number of fused-ring (bicyclic) bond motifs is 3. The van der Waals surface area contributed by atoms with E-state index in [4.69, 9.17) is 0 Å². The van der Waals surface area contributed by atoms with Gasteiger partial charge < -0.3 is 9.47 Å². The molecule has 69 heavy (non-hydrogen) atoms. The molecule has 0 aliphatic carbocycles. The van der Waals surface area contributed by atoms with Crippen molar-refractivity contribution in [3.63, 3.8) is 0 Å². The van der Waals surface area contributed by atoms with E-state index in [0.29, 0.717) is 0 Å². The molecule has 0 radical (unpaired) electrons. The number of hydrogen-bond acceptors (Lipinski definition) is 1. The molecule has 0 unspecified atom stereocenters. The molecule has 0 aliphatic heterocycles. The summed E-state index contributed by atoms with van der Waals surface area (Å²) in [5.74, 6) is 0. The van der Waals surface area contributed by atoms with E-state index in [1.54, 1.807) is 0 Å². The summed E-state index contributed by atoms with van der Waals surface area (Å²) in [6, 6.07) is 80.6. The summed E-state index contributed by atoms with van der Waals surface area (Å²) in [4.78, 5) is 2.35. The van der Waals surface area contributed by atoms with Gasteiger partial charge >= 0.3 is 0 Å². The number of hydrogen-bond donors (Lipinski definition) is 0. The Kier molecular flexibility index (Phi) is 11.8. The average molecular weight is 889 g/mol. The standard InChI is InChI=1S/C67H56N2/c1-5-8-25-64-57(7-3)59-22-16-17-26-65(59)69(64)56-42-40-55(41-43-56)68(53-19-10-9-11-20-53)54-38-36-49(37-39-54)48-28-32-51(33-29-48)66-60-23-14-15-24-61(60)67(63-45-46(4)27-44-62(63)66)52-34-30-50(31-35-52)58-21-13-12-18-47(58)6-2/h8-45H,5-7H2,1-4H3/b25-8-. The molecule has 0 amide bonds. The van der Waals surface area contributed by atoms with Crippen LogP contribution in [0.3, 0.4) is 0 Å². The number of allylic oxidation sites excluding steroid dienone is 1. The van der Waals surface area contributed by atoms with Gasteiger partial charge in [-0.2, -0.15) is 0 Å². The Labute approximate surface area is 407 Å². The first-order chi connectivity index (χ1) is 34.0. The quantitative estimate of drug-likeness (QED) is 0.111. The molecule has 0 atom stereocenters. The first kappa shape index (κ1) is 43.4. The second-order valence-electron chi connectivity index (χ2n) is 18.1. The fourth-order valence-electron chi connectivity index (χ4n) is 10.6. The van der Waals surface area contributed by atoms with E-state index in [-0.39, 0.29) is 0 Å². The van der Waals surface area contributed by atoms with Crippen molar-refractivity contribution >= 4 is 55.6 Å². The number of rotatable bonds is 12. The maximum absolute atomic E-state index is 2.42. The van der Waals surface area contributed by atoms with Crippen molar-refractivity contribution in [2.45, 2.75) is 47.0 Å². The number of nitrogens with zero attached hydrogens (tertiary/aromatic N) is 2. The monoisotopic (exact) mass is 888 g/mol. The van der Waals surface area contributed by atoms with Crippen LogP contribution in [0.1, 0.15) is 49.6 Å². The summed E-state index contributed by atoms with van der Waals surface area (Å²) in [5, 5.41) is 6.39. The lowest BCUT2D eigenvalue weighted by molar-refractivity contribution is 1.06. The Hall–Kier alpha value is -8.20. The number of aromatic nitrogens is 1. The molecule has 10 aromatic carbocycles. The highest BCUT2D eigenvalue weighted by atomic mass is 15.1. The summed E-state index contributed by atoms with van der Waals surface area (Å²) < 4.78 is 2.42. The van der Waals surface area contributed by atoms with Crippen LogP contribution in [0.4, 0.5) is 17.1 Å². The fourth-order valence-corrected chi connectivity index (χ4v) is 10.6. The Morgan fingerprint density at radius 2 is 0.928 bits per heavy atom. The fraction of sp³-hybridized carbons (Fsp3) is 0.104. The number of benzene rings is 10. The van der Waals surface area contributed by atoms with Gasteiger partial charge in [-0.15, -0.1) is 0 Å². The third-order valence-corrected chi connectivity index (χ3v) is 14.0. The first-order valence-electron chi connectivity index (χ1n) is 24.6. The number of para-hydroxylation sites is 2. The van der Waals surface area contributed by atoms with E-state index in [2.05, 4.69) is 268 Å². The van der Waals surface area contributed by atoms with E-state index in [1.807, 2.05) is 0 Å². The molecule has 1 heterocycles. The molecule has 0 spiro atoms. The van der Waals surface area contributed by atoms with Gasteiger partial charge in [0.1, 0.15) is 0 Å². The van der Waals surface area contributed by atoms with Crippen LogP contribution in [0, 0.1) is 6.92 Å².